The SMILES string of the molecule is COc1ccc(NC(=S)NCCc2ccccc2)cc1N1CCCCC1=O. The fourth-order valence-electron chi connectivity index (χ4n) is 3.18. The zero-order chi connectivity index (χ0) is 19.1. The number of anilines is 2. The Hall–Kier alpha value is -2.60. The van der Waals surface area contributed by atoms with Gasteiger partial charge < -0.3 is 20.3 Å². The molecule has 0 saturated carbocycles. The lowest BCUT2D eigenvalue weighted by Gasteiger charge is -2.28. The number of nitrogens with one attached hydrogen (secondary N) is 2. The number of piperidine rings is 1. The van der Waals surface area contributed by atoms with Gasteiger partial charge >= 0.3 is 0 Å². The lowest BCUT2D eigenvalue weighted by atomic mass is 10.1. The molecule has 1 aliphatic rings. The maximum absolute atomic E-state index is 12.3. The number of hydrogen-bond donors (Lipinski definition) is 2. The molecule has 2 aromatic carbocycles. The molecule has 0 bridgehead atoms. The van der Waals surface area contributed by atoms with Crippen molar-refractivity contribution >= 4 is 34.6 Å². The monoisotopic (exact) mass is 383 g/mol. The number of rotatable bonds is 6. The van der Waals surface area contributed by atoms with Gasteiger partial charge in [0.15, 0.2) is 5.11 Å². The number of ether oxygens (including phenoxy) is 1. The van der Waals surface area contributed by atoms with E-state index in [4.69, 9.17) is 17.0 Å². The molecule has 3 rings (SSSR count). The zero-order valence-electron chi connectivity index (χ0n) is 15.5. The number of carbonyl (C=O) groups excluding carboxylic acids is 1. The number of benzene rings is 2. The Bertz CT molecular complexity index is 795. The molecule has 2 N–H and O–H groups in total. The Morgan fingerprint density at radius 3 is 2.74 bits per heavy atom. The van der Waals surface area contributed by atoms with Crippen LogP contribution < -0.4 is 20.3 Å². The highest BCUT2D eigenvalue weighted by molar-refractivity contribution is 7.80. The van der Waals surface area contributed by atoms with Crippen LogP contribution in [0.2, 0.25) is 0 Å². The lowest BCUT2D eigenvalue weighted by Crippen LogP contribution is -2.35. The van der Waals surface area contributed by atoms with Gasteiger partial charge in [0, 0.05) is 25.2 Å². The maximum Gasteiger partial charge on any atom is 0.227 e. The average Bonchev–Trinajstić information content (AvgIpc) is 2.69. The first kappa shape index (κ1) is 19.2. The quantitative estimate of drug-likeness (QED) is 0.744. The Balaban J connectivity index is 1.61. The zero-order valence-corrected chi connectivity index (χ0v) is 16.3. The van der Waals surface area contributed by atoms with Crippen LogP contribution in [0.15, 0.2) is 48.5 Å². The molecule has 6 heteroatoms. The van der Waals surface area contributed by atoms with Crippen molar-refractivity contribution in [3.8, 4) is 5.75 Å². The molecule has 0 aromatic heterocycles. The van der Waals surface area contributed by atoms with Crippen LogP contribution in [0.4, 0.5) is 11.4 Å². The Morgan fingerprint density at radius 1 is 1.19 bits per heavy atom. The summed E-state index contributed by atoms with van der Waals surface area (Å²) >= 11 is 5.40. The van der Waals surface area contributed by atoms with Gasteiger partial charge in [-0.25, -0.2) is 0 Å². The molecule has 5 nitrogen and oxygen atoms in total. The second-order valence-corrected chi connectivity index (χ2v) is 6.91. The molecule has 0 atom stereocenters. The van der Waals surface area contributed by atoms with Crippen LogP contribution in [-0.2, 0) is 11.2 Å². The predicted octanol–water partition coefficient (Wildman–Crippen LogP) is 3.74. The number of carbonyl (C=O) groups is 1. The first-order valence-electron chi connectivity index (χ1n) is 9.24. The van der Waals surface area contributed by atoms with Gasteiger partial charge in [-0.3, -0.25) is 4.79 Å². The third kappa shape index (κ3) is 5.20. The van der Waals surface area contributed by atoms with Crippen LogP contribution in [0, 0.1) is 0 Å². The molecule has 0 unspecified atom stereocenters. The van der Waals surface area contributed by atoms with Gasteiger partial charge in [0.1, 0.15) is 5.75 Å². The summed E-state index contributed by atoms with van der Waals surface area (Å²) in [7, 11) is 1.62. The smallest absolute Gasteiger partial charge is 0.227 e. The summed E-state index contributed by atoms with van der Waals surface area (Å²) in [5.41, 5.74) is 2.89. The predicted molar refractivity (Wildman–Crippen MR) is 114 cm³/mol. The number of nitrogens with zero attached hydrogens (tertiary/aromatic N) is 1. The summed E-state index contributed by atoms with van der Waals surface area (Å²) in [6, 6.07) is 16.0. The molecule has 1 heterocycles. The van der Waals surface area contributed by atoms with Crippen molar-refractivity contribution in [2.45, 2.75) is 25.7 Å². The van der Waals surface area contributed by atoms with Crippen LogP contribution in [-0.4, -0.2) is 31.2 Å². The molecule has 0 spiro atoms. The number of methoxy groups -OCH3 is 1. The van der Waals surface area contributed by atoms with E-state index < -0.39 is 0 Å². The van der Waals surface area contributed by atoms with Crippen molar-refractivity contribution in [1.29, 1.82) is 0 Å². The van der Waals surface area contributed by atoms with Crippen LogP contribution >= 0.6 is 12.2 Å². The van der Waals surface area contributed by atoms with Gasteiger partial charge in [0.2, 0.25) is 5.91 Å². The molecular formula is C21H25N3O2S. The van der Waals surface area contributed by atoms with E-state index in [1.165, 1.54) is 5.56 Å². The standard InChI is InChI=1S/C21H25N3O2S/c1-26-19-11-10-17(15-18(19)24-14-6-5-9-20(24)25)23-21(27)22-13-12-16-7-3-2-4-8-16/h2-4,7-8,10-11,15H,5-6,9,12-14H2,1H3,(H2,22,23,27). The number of hydrogen-bond acceptors (Lipinski definition) is 3. The Labute approximate surface area is 165 Å². The van der Waals surface area contributed by atoms with E-state index in [1.807, 2.05) is 36.4 Å². The molecule has 1 saturated heterocycles. The summed E-state index contributed by atoms with van der Waals surface area (Å²) in [6.45, 7) is 1.47. The van der Waals surface area contributed by atoms with Crippen molar-refractivity contribution in [3.63, 3.8) is 0 Å². The Kier molecular flexibility index (Phi) is 6.65. The van der Waals surface area contributed by atoms with E-state index in [2.05, 4.69) is 22.8 Å². The molecule has 2 aromatic rings. The highest BCUT2D eigenvalue weighted by Gasteiger charge is 2.22. The highest BCUT2D eigenvalue weighted by atomic mass is 32.1. The molecule has 142 valence electrons. The van der Waals surface area contributed by atoms with E-state index in [9.17, 15) is 4.79 Å². The van der Waals surface area contributed by atoms with Gasteiger partial charge in [0.05, 0.1) is 12.8 Å². The van der Waals surface area contributed by atoms with Crippen LogP contribution in [0.3, 0.4) is 0 Å². The van der Waals surface area contributed by atoms with E-state index >= 15 is 0 Å². The molecule has 0 aliphatic carbocycles. The summed E-state index contributed by atoms with van der Waals surface area (Å²) in [5, 5.41) is 6.99. The minimum absolute atomic E-state index is 0.139. The second kappa shape index (κ2) is 9.37. The molecule has 1 fully saturated rings. The van der Waals surface area contributed by atoms with Gasteiger partial charge in [-0.1, -0.05) is 30.3 Å². The maximum atomic E-state index is 12.3. The van der Waals surface area contributed by atoms with E-state index in [0.717, 1.165) is 43.7 Å². The molecule has 0 radical (unpaired) electrons. The first-order chi connectivity index (χ1) is 13.2. The fourth-order valence-corrected chi connectivity index (χ4v) is 3.40. The third-order valence-electron chi connectivity index (χ3n) is 4.59. The average molecular weight is 384 g/mol. The topological polar surface area (TPSA) is 53.6 Å². The molecule has 27 heavy (non-hydrogen) atoms. The van der Waals surface area contributed by atoms with E-state index in [-0.39, 0.29) is 5.91 Å². The Morgan fingerprint density at radius 2 is 2.00 bits per heavy atom. The molecular weight excluding hydrogens is 358 g/mol. The lowest BCUT2D eigenvalue weighted by molar-refractivity contribution is -0.119. The number of thiocarbonyl (C=S) groups is 1. The normalized spacial score (nSPS) is 14.0. The van der Waals surface area contributed by atoms with Crippen molar-refractivity contribution in [1.82, 2.24) is 5.32 Å². The van der Waals surface area contributed by atoms with Crippen LogP contribution in [0.5, 0.6) is 5.75 Å². The summed E-state index contributed by atoms with van der Waals surface area (Å²) in [5.74, 6) is 0.832. The van der Waals surface area contributed by atoms with Crippen molar-refractivity contribution in [2.75, 3.05) is 30.4 Å². The van der Waals surface area contributed by atoms with Gasteiger partial charge in [-0.15, -0.1) is 0 Å². The van der Waals surface area contributed by atoms with E-state index in [0.29, 0.717) is 17.3 Å². The fraction of sp³-hybridized carbons (Fsp3) is 0.333. The minimum Gasteiger partial charge on any atom is -0.495 e. The minimum atomic E-state index is 0.139. The summed E-state index contributed by atoms with van der Waals surface area (Å²) < 4.78 is 5.45. The van der Waals surface area contributed by atoms with Crippen molar-refractivity contribution in [3.05, 3.63) is 54.1 Å². The molecule has 1 aliphatic heterocycles. The van der Waals surface area contributed by atoms with Crippen molar-refractivity contribution < 1.29 is 9.53 Å². The van der Waals surface area contributed by atoms with Crippen molar-refractivity contribution in [2.24, 2.45) is 0 Å². The summed E-state index contributed by atoms with van der Waals surface area (Å²) in [4.78, 5) is 14.1. The number of amides is 1. The van der Waals surface area contributed by atoms with Gasteiger partial charge in [-0.05, 0) is 55.2 Å². The van der Waals surface area contributed by atoms with Gasteiger partial charge in [-0.2, -0.15) is 0 Å². The second-order valence-electron chi connectivity index (χ2n) is 6.51. The largest absolute Gasteiger partial charge is 0.495 e. The van der Waals surface area contributed by atoms with Crippen LogP contribution in [0.1, 0.15) is 24.8 Å². The highest BCUT2D eigenvalue weighted by Crippen LogP contribution is 2.33. The summed E-state index contributed by atoms with van der Waals surface area (Å²) in [6.07, 6.45) is 3.44. The van der Waals surface area contributed by atoms with E-state index in [1.54, 1.807) is 12.0 Å². The van der Waals surface area contributed by atoms with Gasteiger partial charge in [0.25, 0.3) is 0 Å². The van der Waals surface area contributed by atoms with Crippen LogP contribution in [0.25, 0.3) is 0 Å². The molecule has 1 amide bonds. The third-order valence-corrected chi connectivity index (χ3v) is 4.84. The first-order valence-corrected chi connectivity index (χ1v) is 9.65.